The average Bonchev–Trinajstić information content (AvgIpc) is 2.99. The summed E-state index contributed by atoms with van der Waals surface area (Å²) in [6.45, 7) is -0.695. The van der Waals surface area contributed by atoms with Crippen molar-refractivity contribution in [2.45, 2.75) is 118 Å². The monoisotopic (exact) mass is 674 g/mol. The molecule has 2 amide bonds. The largest absolute Gasteiger partial charge is 0.477 e. The molecule has 3 aliphatic heterocycles. The third-order valence-corrected chi connectivity index (χ3v) is 7.87. The molecule has 3 heterocycles. The molecule has 21 heteroatoms. The third kappa shape index (κ3) is 8.26. The van der Waals surface area contributed by atoms with Crippen LogP contribution in [0.2, 0.25) is 0 Å². The zero-order valence-corrected chi connectivity index (χ0v) is 24.7. The van der Waals surface area contributed by atoms with E-state index >= 15 is 0 Å². The number of aliphatic hydroxyl groups excluding tert-OH is 10. The van der Waals surface area contributed by atoms with Crippen LogP contribution in [-0.2, 0) is 38.1 Å². The lowest BCUT2D eigenvalue weighted by atomic mass is 9.88. The van der Waals surface area contributed by atoms with Crippen LogP contribution in [0.5, 0.6) is 0 Å². The summed E-state index contributed by atoms with van der Waals surface area (Å²) < 4.78 is 27.2. The average molecular weight is 675 g/mol. The molecule has 21 nitrogen and oxygen atoms in total. The van der Waals surface area contributed by atoms with Gasteiger partial charge in [-0.1, -0.05) is 0 Å². The van der Waals surface area contributed by atoms with Gasteiger partial charge in [0.25, 0.3) is 5.79 Å². The van der Waals surface area contributed by atoms with Gasteiger partial charge in [0.2, 0.25) is 11.8 Å². The van der Waals surface area contributed by atoms with Crippen molar-refractivity contribution in [2.24, 2.45) is 0 Å². The number of hydrogen-bond donors (Lipinski definition) is 13. The van der Waals surface area contributed by atoms with Crippen molar-refractivity contribution in [1.29, 1.82) is 0 Å². The predicted octanol–water partition coefficient (Wildman–Crippen LogP) is -8.08. The molecule has 0 spiro atoms. The van der Waals surface area contributed by atoms with Crippen molar-refractivity contribution in [3.8, 4) is 0 Å². The van der Waals surface area contributed by atoms with Gasteiger partial charge in [0, 0.05) is 20.3 Å². The van der Waals surface area contributed by atoms with E-state index in [9.17, 15) is 70.6 Å². The molecule has 3 rings (SSSR count). The Labute approximate surface area is 260 Å². The van der Waals surface area contributed by atoms with Gasteiger partial charge >= 0.3 is 5.97 Å². The van der Waals surface area contributed by atoms with Crippen LogP contribution in [0.15, 0.2) is 0 Å². The molecule has 13 N–H and O–H groups in total. The van der Waals surface area contributed by atoms with Gasteiger partial charge in [-0.15, -0.1) is 0 Å². The Balaban J connectivity index is 1.83. The number of ether oxygens (including phenoxy) is 5. The highest BCUT2D eigenvalue weighted by Gasteiger charge is 2.57. The second-order valence-corrected chi connectivity index (χ2v) is 11.3. The van der Waals surface area contributed by atoms with E-state index in [-0.39, 0.29) is 0 Å². The molecule has 0 radical (unpaired) electrons. The quantitative estimate of drug-likeness (QED) is 0.0913. The molecule has 16 atom stereocenters. The Morgan fingerprint density at radius 2 is 1.48 bits per heavy atom. The molecular formula is C25H42N2O19. The Morgan fingerprint density at radius 1 is 0.870 bits per heavy atom. The first-order chi connectivity index (χ1) is 21.5. The van der Waals surface area contributed by atoms with Gasteiger partial charge in [0.15, 0.2) is 12.6 Å². The van der Waals surface area contributed by atoms with Crippen LogP contribution in [0.3, 0.4) is 0 Å². The third-order valence-electron chi connectivity index (χ3n) is 7.87. The maximum atomic E-state index is 12.4. The number of rotatable bonds is 12. The molecule has 3 fully saturated rings. The lowest BCUT2D eigenvalue weighted by Crippen LogP contribution is -2.69. The van der Waals surface area contributed by atoms with Gasteiger partial charge in [-0.25, -0.2) is 4.79 Å². The number of carbonyl (C=O) groups is 3. The smallest absolute Gasteiger partial charge is 0.364 e. The summed E-state index contributed by atoms with van der Waals surface area (Å²) in [5.74, 6) is -6.12. The van der Waals surface area contributed by atoms with Crippen molar-refractivity contribution in [3.63, 3.8) is 0 Å². The molecule has 0 aromatic rings. The fraction of sp³-hybridized carbons (Fsp3) is 0.880. The van der Waals surface area contributed by atoms with E-state index in [1.807, 2.05) is 0 Å². The minimum Gasteiger partial charge on any atom is -0.477 e. The number of amides is 2. The minimum atomic E-state index is -2.84. The number of nitrogens with one attached hydrogen (secondary N) is 2. The number of aliphatic carboxylic acids is 1. The first-order valence-electron chi connectivity index (χ1n) is 14.2. The van der Waals surface area contributed by atoms with E-state index < -0.39 is 142 Å². The Hall–Kier alpha value is -2.19. The minimum absolute atomic E-state index is 0.677. The lowest BCUT2D eigenvalue weighted by Gasteiger charge is -2.48. The molecule has 0 saturated carbocycles. The first kappa shape index (κ1) is 38.3. The molecule has 46 heavy (non-hydrogen) atoms. The zero-order chi connectivity index (χ0) is 34.7. The molecule has 0 aliphatic carbocycles. The zero-order valence-electron chi connectivity index (χ0n) is 24.7. The highest BCUT2D eigenvalue weighted by Crippen LogP contribution is 2.35. The summed E-state index contributed by atoms with van der Waals surface area (Å²) in [6.07, 6.45) is -24.9. The SMILES string of the molecule is CC(=O)N[C@@H]1[C@@H](O)[C@H](O[C@@H]2O[C@H](CO[C@]3(C(=O)O)C[C@H](O)[C@@H](NC(C)=O)[C@H]([C@@H](O)[C@H](O)CO)O3)[C@H](O)[C@H](O)[C@H]2O)[C@@H](CO)O[C@H]1O. The molecule has 0 bridgehead atoms. The summed E-state index contributed by atoms with van der Waals surface area (Å²) in [6, 6.07) is -2.96. The topological polar surface area (TPSA) is 344 Å². The number of carboxylic acids is 1. The summed E-state index contributed by atoms with van der Waals surface area (Å²) >= 11 is 0. The van der Waals surface area contributed by atoms with Gasteiger partial charge in [-0.3, -0.25) is 9.59 Å². The summed E-state index contributed by atoms with van der Waals surface area (Å²) in [5, 5.41) is 117. The summed E-state index contributed by atoms with van der Waals surface area (Å²) in [4.78, 5) is 35.7. The van der Waals surface area contributed by atoms with Crippen molar-refractivity contribution in [3.05, 3.63) is 0 Å². The van der Waals surface area contributed by atoms with Crippen LogP contribution in [0.25, 0.3) is 0 Å². The van der Waals surface area contributed by atoms with Gasteiger partial charge in [0.1, 0.15) is 67.1 Å². The van der Waals surface area contributed by atoms with Crippen LogP contribution < -0.4 is 10.6 Å². The second-order valence-electron chi connectivity index (χ2n) is 11.3. The summed E-state index contributed by atoms with van der Waals surface area (Å²) in [7, 11) is 0. The van der Waals surface area contributed by atoms with Crippen LogP contribution in [0, 0.1) is 0 Å². The van der Waals surface area contributed by atoms with Crippen molar-refractivity contribution >= 4 is 17.8 Å². The van der Waals surface area contributed by atoms with E-state index in [0.717, 1.165) is 13.8 Å². The molecule has 3 saturated heterocycles. The number of carbonyl (C=O) groups excluding carboxylic acids is 2. The fourth-order valence-electron chi connectivity index (χ4n) is 5.46. The van der Waals surface area contributed by atoms with Crippen molar-refractivity contribution in [2.75, 3.05) is 19.8 Å². The maximum absolute atomic E-state index is 12.4. The number of hydrogen-bond acceptors (Lipinski definition) is 18. The lowest BCUT2D eigenvalue weighted by molar-refractivity contribution is -0.358. The van der Waals surface area contributed by atoms with E-state index in [2.05, 4.69) is 10.6 Å². The summed E-state index contributed by atoms with van der Waals surface area (Å²) in [5.41, 5.74) is 0. The normalized spacial score (nSPS) is 42.9. The number of carboxylic acid groups (broad SMARTS) is 1. The van der Waals surface area contributed by atoms with E-state index in [1.165, 1.54) is 0 Å². The first-order valence-corrected chi connectivity index (χ1v) is 14.2. The van der Waals surface area contributed by atoms with Gasteiger partial charge in [-0.2, -0.15) is 0 Å². The standard InChI is InChI=1S/C25H42N2O19/c1-7(30)26-13-9(32)3-25(24(40)41,46-21(13)15(34)10(33)4-28)42-6-12-16(35)18(37)19(38)23(44-12)45-20-11(5-29)43-22(39)14(17(20)36)27-8(2)31/h9-23,28-29,32-39H,3-6H2,1-2H3,(H,26,30)(H,27,31)(H,40,41)/t9-,10+,11+,12+,13+,14+,15-,16-,17+,18-,19+,20+,21+,22+,23-,25+/m0/s1. The van der Waals surface area contributed by atoms with Crippen LogP contribution in [-0.4, -0.2) is 191 Å². The molecule has 0 aromatic heterocycles. The molecule has 0 unspecified atom stereocenters. The van der Waals surface area contributed by atoms with Crippen molar-refractivity contribution < 1.29 is 94.2 Å². The van der Waals surface area contributed by atoms with Gasteiger partial charge < -0.3 is 90.5 Å². The van der Waals surface area contributed by atoms with Gasteiger partial charge in [-0.05, 0) is 0 Å². The molecule has 266 valence electrons. The second kappa shape index (κ2) is 15.8. The van der Waals surface area contributed by atoms with E-state index in [0.29, 0.717) is 0 Å². The van der Waals surface area contributed by atoms with Crippen LogP contribution in [0.1, 0.15) is 20.3 Å². The highest BCUT2D eigenvalue weighted by atomic mass is 16.8. The Kier molecular flexibility index (Phi) is 13.1. The van der Waals surface area contributed by atoms with Crippen LogP contribution in [0.4, 0.5) is 0 Å². The fourth-order valence-corrected chi connectivity index (χ4v) is 5.46. The van der Waals surface area contributed by atoms with Crippen LogP contribution >= 0.6 is 0 Å². The van der Waals surface area contributed by atoms with E-state index in [1.54, 1.807) is 0 Å². The molecular weight excluding hydrogens is 632 g/mol. The predicted molar refractivity (Wildman–Crippen MR) is 142 cm³/mol. The highest BCUT2D eigenvalue weighted by molar-refractivity contribution is 5.76. The van der Waals surface area contributed by atoms with E-state index in [4.69, 9.17) is 23.7 Å². The Bertz CT molecular complexity index is 1050. The van der Waals surface area contributed by atoms with Gasteiger partial charge in [0.05, 0.1) is 32.0 Å². The molecule has 3 aliphatic rings. The van der Waals surface area contributed by atoms with Crippen molar-refractivity contribution in [1.82, 2.24) is 10.6 Å². The Morgan fingerprint density at radius 3 is 2.02 bits per heavy atom. The number of aliphatic hydroxyl groups is 10. The molecule has 0 aromatic carbocycles. The maximum Gasteiger partial charge on any atom is 0.364 e.